The minimum atomic E-state index is -3.52. The highest BCUT2D eigenvalue weighted by atomic mass is 35.5. The first-order valence-corrected chi connectivity index (χ1v) is 9.20. The summed E-state index contributed by atoms with van der Waals surface area (Å²) in [5, 5.41) is 3.33. The Balaban J connectivity index is 2.22. The van der Waals surface area contributed by atoms with Crippen molar-refractivity contribution in [3.8, 4) is 0 Å². The van der Waals surface area contributed by atoms with Crippen molar-refractivity contribution in [2.75, 3.05) is 25.0 Å². The van der Waals surface area contributed by atoms with Crippen LogP contribution in [0, 0.1) is 5.92 Å². The Bertz CT molecular complexity index is 588. The molecule has 0 amide bonds. The van der Waals surface area contributed by atoms with Gasteiger partial charge in [-0.05, 0) is 31.7 Å². The molecular formula is C14H22ClN3O2S. The molecule has 21 heavy (non-hydrogen) atoms. The Hall–Kier alpha value is -0.850. The second-order valence-electron chi connectivity index (χ2n) is 5.28. The highest BCUT2D eigenvalue weighted by Gasteiger charge is 2.29. The molecule has 1 fully saturated rings. The summed E-state index contributed by atoms with van der Waals surface area (Å²) in [5.74, 6) is 1.00. The second kappa shape index (κ2) is 6.94. The molecule has 2 rings (SSSR count). The van der Waals surface area contributed by atoms with Crippen molar-refractivity contribution in [3.63, 3.8) is 0 Å². The predicted molar refractivity (Wildman–Crippen MR) is 85.2 cm³/mol. The van der Waals surface area contributed by atoms with Gasteiger partial charge in [-0.1, -0.05) is 24.9 Å². The van der Waals surface area contributed by atoms with Gasteiger partial charge in [-0.3, -0.25) is 0 Å². The third kappa shape index (κ3) is 3.67. The third-order valence-corrected chi connectivity index (χ3v) is 6.03. The highest BCUT2D eigenvalue weighted by molar-refractivity contribution is 7.89. The molecule has 0 bridgehead atoms. The lowest BCUT2D eigenvalue weighted by Crippen LogP contribution is -2.37. The monoisotopic (exact) mass is 331 g/mol. The minimum absolute atomic E-state index is 0.162. The lowest BCUT2D eigenvalue weighted by atomic mass is 9.85. The molecule has 0 aliphatic heterocycles. The van der Waals surface area contributed by atoms with E-state index >= 15 is 0 Å². The average Bonchev–Trinajstić information content (AvgIpc) is 2.39. The number of nitrogens with one attached hydrogen (secondary N) is 1. The van der Waals surface area contributed by atoms with Gasteiger partial charge in [-0.25, -0.2) is 13.4 Å². The van der Waals surface area contributed by atoms with Crippen LogP contribution < -0.4 is 5.32 Å². The Kier molecular flexibility index (Phi) is 5.46. The summed E-state index contributed by atoms with van der Waals surface area (Å²) in [4.78, 5) is 4.28. The molecule has 0 unspecified atom stereocenters. The smallest absolute Gasteiger partial charge is 0.244 e. The van der Waals surface area contributed by atoms with E-state index in [0.717, 1.165) is 12.8 Å². The average molecular weight is 332 g/mol. The number of nitrogens with zero attached hydrogens (tertiary/aromatic N) is 2. The van der Waals surface area contributed by atoms with E-state index in [9.17, 15) is 8.42 Å². The maximum Gasteiger partial charge on any atom is 0.244 e. The van der Waals surface area contributed by atoms with Gasteiger partial charge < -0.3 is 5.32 Å². The highest BCUT2D eigenvalue weighted by Crippen LogP contribution is 2.30. The van der Waals surface area contributed by atoms with Crippen LogP contribution in [0.2, 0.25) is 5.02 Å². The predicted octanol–water partition coefficient (Wildman–Crippen LogP) is 2.98. The van der Waals surface area contributed by atoms with E-state index in [2.05, 4.69) is 10.3 Å². The summed E-state index contributed by atoms with van der Waals surface area (Å²) in [6.45, 7) is 5.52. The van der Waals surface area contributed by atoms with Gasteiger partial charge in [-0.15, -0.1) is 0 Å². The fraction of sp³-hybridized carbons (Fsp3) is 0.643. The van der Waals surface area contributed by atoms with E-state index in [1.807, 2.05) is 13.8 Å². The fourth-order valence-corrected chi connectivity index (χ4v) is 4.16. The maximum atomic E-state index is 12.7. The van der Waals surface area contributed by atoms with Crippen molar-refractivity contribution in [2.24, 2.45) is 5.92 Å². The molecule has 0 saturated heterocycles. The molecule has 1 aromatic rings. The van der Waals surface area contributed by atoms with Gasteiger partial charge in [0.2, 0.25) is 10.0 Å². The topological polar surface area (TPSA) is 62.3 Å². The van der Waals surface area contributed by atoms with Crippen LogP contribution in [0.3, 0.4) is 0 Å². The second-order valence-corrected chi connectivity index (χ2v) is 7.63. The first-order valence-electron chi connectivity index (χ1n) is 7.38. The number of hydrogen-bond donors (Lipinski definition) is 1. The zero-order chi connectivity index (χ0) is 15.5. The Morgan fingerprint density at radius 3 is 2.62 bits per heavy atom. The third-order valence-electron chi connectivity index (χ3n) is 3.84. The van der Waals surface area contributed by atoms with Crippen LogP contribution in [0.15, 0.2) is 17.2 Å². The quantitative estimate of drug-likeness (QED) is 0.834. The number of halogens is 1. The molecule has 1 N–H and O–H groups in total. The van der Waals surface area contributed by atoms with Gasteiger partial charge >= 0.3 is 0 Å². The number of rotatable bonds is 7. The van der Waals surface area contributed by atoms with Crippen molar-refractivity contribution >= 4 is 27.4 Å². The number of aromatic nitrogens is 1. The molecular weight excluding hydrogens is 310 g/mol. The van der Waals surface area contributed by atoms with E-state index in [1.165, 1.54) is 23.0 Å². The van der Waals surface area contributed by atoms with Gasteiger partial charge in [0.15, 0.2) is 0 Å². The molecule has 5 nitrogen and oxygen atoms in total. The number of anilines is 1. The van der Waals surface area contributed by atoms with Gasteiger partial charge in [0.05, 0.1) is 5.02 Å². The van der Waals surface area contributed by atoms with Crippen LogP contribution >= 0.6 is 11.6 Å². The molecule has 1 aromatic heterocycles. The molecule has 1 saturated carbocycles. The molecule has 0 atom stereocenters. The first-order chi connectivity index (χ1) is 9.98. The molecule has 1 aliphatic carbocycles. The molecule has 7 heteroatoms. The van der Waals surface area contributed by atoms with Crippen LogP contribution in [0.1, 0.15) is 33.1 Å². The Labute approximate surface area is 131 Å². The molecule has 0 aromatic carbocycles. The van der Waals surface area contributed by atoms with E-state index in [1.54, 1.807) is 0 Å². The number of pyridine rings is 1. The standard InChI is InChI=1S/C14H22ClN3O2S/c1-3-16-14-13(15)8-12(9-17-14)21(19,20)18(4-2)10-11-6-5-7-11/h8-9,11H,3-7,10H2,1-2H3,(H,16,17). The molecule has 118 valence electrons. The summed E-state index contributed by atoms with van der Waals surface area (Å²) in [7, 11) is -3.52. The number of hydrogen-bond acceptors (Lipinski definition) is 4. The van der Waals surface area contributed by atoms with Crippen molar-refractivity contribution in [1.29, 1.82) is 0 Å². The van der Waals surface area contributed by atoms with Gasteiger partial charge in [0.1, 0.15) is 10.7 Å². The van der Waals surface area contributed by atoms with Gasteiger partial charge in [-0.2, -0.15) is 4.31 Å². The van der Waals surface area contributed by atoms with Gasteiger partial charge in [0.25, 0.3) is 0 Å². The van der Waals surface area contributed by atoms with E-state index < -0.39 is 10.0 Å². The fourth-order valence-electron chi connectivity index (χ4n) is 2.37. The minimum Gasteiger partial charge on any atom is -0.369 e. The van der Waals surface area contributed by atoms with E-state index in [0.29, 0.717) is 36.4 Å². The summed E-state index contributed by atoms with van der Waals surface area (Å²) < 4.78 is 26.9. The SMILES string of the molecule is CCNc1ncc(S(=O)(=O)N(CC)CC2CCC2)cc1Cl. The van der Waals surface area contributed by atoms with Crippen molar-refractivity contribution in [3.05, 3.63) is 17.3 Å². The zero-order valence-electron chi connectivity index (χ0n) is 12.5. The molecule has 1 heterocycles. The molecule has 0 radical (unpaired) electrons. The van der Waals surface area contributed by atoms with Crippen LogP contribution in [0.5, 0.6) is 0 Å². The Morgan fingerprint density at radius 2 is 2.14 bits per heavy atom. The van der Waals surface area contributed by atoms with Gasteiger partial charge in [0, 0.05) is 25.8 Å². The summed E-state index contributed by atoms with van der Waals surface area (Å²) >= 11 is 6.10. The first kappa shape index (κ1) is 16.5. The lowest BCUT2D eigenvalue weighted by molar-refractivity contribution is 0.250. The van der Waals surface area contributed by atoms with Crippen molar-refractivity contribution < 1.29 is 8.42 Å². The summed E-state index contributed by atoms with van der Waals surface area (Å²) in [6.07, 6.45) is 4.81. The van der Waals surface area contributed by atoms with Crippen LogP contribution in [-0.2, 0) is 10.0 Å². The summed E-state index contributed by atoms with van der Waals surface area (Å²) in [5.41, 5.74) is 0. The Morgan fingerprint density at radius 1 is 1.43 bits per heavy atom. The zero-order valence-corrected chi connectivity index (χ0v) is 14.0. The van der Waals surface area contributed by atoms with Crippen molar-refractivity contribution in [1.82, 2.24) is 9.29 Å². The van der Waals surface area contributed by atoms with Crippen molar-refractivity contribution in [2.45, 2.75) is 38.0 Å². The molecule has 0 spiro atoms. The summed E-state index contributed by atoms with van der Waals surface area (Å²) in [6, 6.07) is 1.48. The van der Waals surface area contributed by atoms with Crippen LogP contribution in [0.25, 0.3) is 0 Å². The van der Waals surface area contributed by atoms with E-state index in [4.69, 9.17) is 11.6 Å². The molecule has 1 aliphatic rings. The number of sulfonamides is 1. The lowest BCUT2D eigenvalue weighted by Gasteiger charge is -2.31. The van der Waals surface area contributed by atoms with E-state index in [-0.39, 0.29) is 4.90 Å². The van der Waals surface area contributed by atoms with Crippen LogP contribution in [0.4, 0.5) is 5.82 Å². The van der Waals surface area contributed by atoms with Crippen LogP contribution in [-0.4, -0.2) is 37.3 Å². The largest absolute Gasteiger partial charge is 0.369 e. The maximum absolute atomic E-state index is 12.7. The normalized spacial score (nSPS) is 16.0.